The van der Waals surface area contributed by atoms with E-state index in [1.165, 1.54) is 0 Å². The Labute approximate surface area is 125 Å². The first kappa shape index (κ1) is 13.8. The van der Waals surface area contributed by atoms with Crippen molar-refractivity contribution in [1.82, 2.24) is 4.98 Å². The van der Waals surface area contributed by atoms with Crippen molar-refractivity contribution in [3.63, 3.8) is 0 Å². The van der Waals surface area contributed by atoms with Gasteiger partial charge in [0.05, 0.1) is 10.6 Å². The SMILES string of the molecule is Cc1cc(Br)cc(/C(Cl)=C(/C#N)c2cccnc2)c1. The summed E-state index contributed by atoms with van der Waals surface area (Å²) < 4.78 is 0.934. The van der Waals surface area contributed by atoms with E-state index in [0.29, 0.717) is 16.2 Å². The molecule has 0 aliphatic carbocycles. The van der Waals surface area contributed by atoms with E-state index in [2.05, 4.69) is 27.0 Å². The van der Waals surface area contributed by atoms with Gasteiger partial charge in [-0.15, -0.1) is 0 Å². The molecule has 2 rings (SSSR count). The molecule has 4 heteroatoms. The second kappa shape index (κ2) is 6.01. The molecule has 0 aliphatic rings. The maximum atomic E-state index is 9.32. The average Bonchev–Trinajstić information content (AvgIpc) is 2.39. The highest BCUT2D eigenvalue weighted by molar-refractivity contribution is 9.10. The fourth-order valence-electron chi connectivity index (χ4n) is 1.76. The Morgan fingerprint density at radius 2 is 2.11 bits per heavy atom. The molecule has 0 N–H and O–H groups in total. The summed E-state index contributed by atoms with van der Waals surface area (Å²) in [7, 11) is 0. The molecule has 0 fully saturated rings. The van der Waals surface area contributed by atoms with Gasteiger partial charge in [-0.1, -0.05) is 39.7 Å². The number of hydrogen-bond acceptors (Lipinski definition) is 2. The van der Waals surface area contributed by atoms with Gasteiger partial charge in [0.1, 0.15) is 6.07 Å². The molecule has 0 spiro atoms. The fourth-order valence-corrected chi connectivity index (χ4v) is 2.63. The van der Waals surface area contributed by atoms with Crippen LogP contribution in [0.2, 0.25) is 0 Å². The second-order valence-electron chi connectivity index (χ2n) is 4.06. The monoisotopic (exact) mass is 332 g/mol. The highest BCUT2D eigenvalue weighted by Gasteiger charge is 2.10. The minimum atomic E-state index is 0.423. The summed E-state index contributed by atoms with van der Waals surface area (Å²) in [4.78, 5) is 4.01. The van der Waals surface area contributed by atoms with E-state index in [9.17, 15) is 5.26 Å². The van der Waals surface area contributed by atoms with Gasteiger partial charge in [0.25, 0.3) is 0 Å². The first-order valence-corrected chi connectivity index (χ1v) is 6.76. The van der Waals surface area contributed by atoms with Crippen molar-refractivity contribution in [2.75, 3.05) is 0 Å². The molecular formula is C15H10BrClN2. The van der Waals surface area contributed by atoms with Crippen LogP contribution >= 0.6 is 27.5 Å². The third-order valence-electron chi connectivity index (χ3n) is 2.58. The Kier molecular flexibility index (Phi) is 4.36. The molecule has 1 aromatic carbocycles. The summed E-state index contributed by atoms with van der Waals surface area (Å²) in [6.07, 6.45) is 3.29. The Hall–Kier alpha value is -1.63. The number of nitrogens with zero attached hydrogens (tertiary/aromatic N) is 2. The lowest BCUT2D eigenvalue weighted by atomic mass is 10.0. The number of allylic oxidation sites excluding steroid dienone is 1. The van der Waals surface area contributed by atoms with Crippen LogP contribution < -0.4 is 0 Å². The van der Waals surface area contributed by atoms with Crippen LogP contribution in [-0.2, 0) is 0 Å². The molecular weight excluding hydrogens is 324 g/mol. The highest BCUT2D eigenvalue weighted by Crippen LogP contribution is 2.31. The number of hydrogen-bond donors (Lipinski definition) is 0. The number of aryl methyl sites for hydroxylation is 1. The molecule has 0 bridgehead atoms. The van der Waals surface area contributed by atoms with Crippen molar-refractivity contribution in [2.24, 2.45) is 0 Å². The number of rotatable bonds is 2. The van der Waals surface area contributed by atoms with Gasteiger partial charge in [0.15, 0.2) is 0 Å². The van der Waals surface area contributed by atoms with Gasteiger partial charge >= 0.3 is 0 Å². The summed E-state index contributed by atoms with van der Waals surface area (Å²) in [5, 5.41) is 9.75. The van der Waals surface area contributed by atoms with Gasteiger partial charge in [-0.05, 0) is 36.2 Å². The number of aromatic nitrogens is 1. The summed E-state index contributed by atoms with van der Waals surface area (Å²) in [6, 6.07) is 11.6. The standard InChI is InChI=1S/C15H10BrClN2/c1-10-5-12(7-13(16)6-10)15(17)14(8-18)11-3-2-4-19-9-11/h2-7,9H,1H3/b15-14+. The summed E-state index contributed by atoms with van der Waals surface area (Å²) in [5.74, 6) is 0. The maximum absolute atomic E-state index is 9.32. The Bertz CT molecular complexity index is 652. The normalized spacial score (nSPS) is 11.7. The number of nitriles is 1. The molecule has 0 saturated carbocycles. The molecule has 2 nitrogen and oxygen atoms in total. The number of pyridine rings is 1. The molecule has 94 valence electrons. The zero-order valence-electron chi connectivity index (χ0n) is 10.2. The lowest BCUT2D eigenvalue weighted by Gasteiger charge is -2.06. The van der Waals surface area contributed by atoms with Gasteiger partial charge in [0, 0.05) is 22.4 Å². The molecule has 0 saturated heterocycles. The molecule has 0 aliphatic heterocycles. The number of halogens is 2. The topological polar surface area (TPSA) is 36.7 Å². The van der Waals surface area contributed by atoms with Gasteiger partial charge in [0.2, 0.25) is 0 Å². The smallest absolute Gasteiger partial charge is 0.101 e. The van der Waals surface area contributed by atoms with Gasteiger partial charge < -0.3 is 0 Å². The average molecular weight is 334 g/mol. The van der Waals surface area contributed by atoms with Crippen molar-refractivity contribution >= 4 is 38.1 Å². The predicted octanol–water partition coefficient (Wildman–Crippen LogP) is 4.78. The quantitative estimate of drug-likeness (QED) is 0.741. The molecule has 0 unspecified atom stereocenters. The first-order chi connectivity index (χ1) is 9.11. The van der Waals surface area contributed by atoms with Crippen LogP contribution in [0.15, 0.2) is 47.2 Å². The van der Waals surface area contributed by atoms with Crippen molar-refractivity contribution in [3.05, 3.63) is 63.9 Å². The van der Waals surface area contributed by atoms with Crippen LogP contribution in [0.3, 0.4) is 0 Å². The second-order valence-corrected chi connectivity index (χ2v) is 5.35. The molecule has 19 heavy (non-hydrogen) atoms. The Balaban J connectivity index is 2.59. The maximum Gasteiger partial charge on any atom is 0.101 e. The molecule has 0 amide bonds. The van der Waals surface area contributed by atoms with Gasteiger partial charge in [-0.2, -0.15) is 5.26 Å². The van der Waals surface area contributed by atoms with E-state index in [1.54, 1.807) is 18.5 Å². The van der Waals surface area contributed by atoms with Crippen molar-refractivity contribution < 1.29 is 0 Å². The lowest BCUT2D eigenvalue weighted by molar-refractivity contribution is 1.31. The molecule has 0 atom stereocenters. The van der Waals surface area contributed by atoms with E-state index in [1.807, 2.05) is 31.2 Å². The van der Waals surface area contributed by atoms with Gasteiger partial charge in [-0.25, -0.2) is 0 Å². The minimum Gasteiger partial charge on any atom is -0.264 e. The third-order valence-corrected chi connectivity index (χ3v) is 3.44. The molecule has 0 radical (unpaired) electrons. The zero-order chi connectivity index (χ0) is 13.8. The van der Waals surface area contributed by atoms with Crippen molar-refractivity contribution in [1.29, 1.82) is 5.26 Å². The highest BCUT2D eigenvalue weighted by atomic mass is 79.9. The predicted molar refractivity (Wildman–Crippen MR) is 81.4 cm³/mol. The van der Waals surface area contributed by atoms with E-state index in [4.69, 9.17) is 11.6 Å². The summed E-state index contributed by atoms with van der Waals surface area (Å²) in [6.45, 7) is 1.98. The largest absolute Gasteiger partial charge is 0.264 e. The zero-order valence-corrected chi connectivity index (χ0v) is 12.5. The summed E-state index contributed by atoms with van der Waals surface area (Å²) in [5.41, 5.74) is 3.03. The van der Waals surface area contributed by atoms with Crippen LogP contribution in [0.25, 0.3) is 10.6 Å². The first-order valence-electron chi connectivity index (χ1n) is 5.59. The van der Waals surface area contributed by atoms with Crippen LogP contribution in [0.4, 0.5) is 0 Å². The Morgan fingerprint density at radius 1 is 1.32 bits per heavy atom. The fraction of sp³-hybridized carbons (Fsp3) is 0.0667. The van der Waals surface area contributed by atoms with Crippen LogP contribution in [0.5, 0.6) is 0 Å². The summed E-state index contributed by atoms with van der Waals surface area (Å²) >= 11 is 9.79. The van der Waals surface area contributed by atoms with Crippen LogP contribution in [0, 0.1) is 18.3 Å². The number of benzene rings is 1. The van der Waals surface area contributed by atoms with Crippen LogP contribution in [0.1, 0.15) is 16.7 Å². The van der Waals surface area contributed by atoms with E-state index < -0.39 is 0 Å². The molecule has 1 heterocycles. The minimum absolute atomic E-state index is 0.423. The third kappa shape index (κ3) is 3.23. The van der Waals surface area contributed by atoms with Gasteiger partial charge in [-0.3, -0.25) is 4.98 Å². The molecule has 2 aromatic rings. The molecule has 1 aromatic heterocycles. The van der Waals surface area contributed by atoms with E-state index >= 15 is 0 Å². The van der Waals surface area contributed by atoms with Crippen molar-refractivity contribution in [2.45, 2.75) is 6.92 Å². The lowest BCUT2D eigenvalue weighted by Crippen LogP contribution is -1.88. The van der Waals surface area contributed by atoms with E-state index in [-0.39, 0.29) is 0 Å². The van der Waals surface area contributed by atoms with E-state index in [0.717, 1.165) is 15.6 Å². The Morgan fingerprint density at radius 3 is 2.68 bits per heavy atom. The van der Waals surface area contributed by atoms with Crippen molar-refractivity contribution in [3.8, 4) is 6.07 Å². The van der Waals surface area contributed by atoms with Crippen LogP contribution in [-0.4, -0.2) is 4.98 Å².